The molecule has 2 N–H and O–H groups in total. The molecule has 1 aromatic heterocycles. The number of aryl methyl sites for hydroxylation is 1. The van der Waals surface area contributed by atoms with Crippen LogP contribution in [0.25, 0.3) is 0 Å². The van der Waals surface area contributed by atoms with Gasteiger partial charge in [0, 0.05) is 13.7 Å². The van der Waals surface area contributed by atoms with E-state index in [4.69, 9.17) is 10.5 Å². The smallest absolute Gasteiger partial charge is 0.164 e. The molecule has 0 amide bonds. The quantitative estimate of drug-likeness (QED) is 0.710. The number of hydrogen-bond acceptors (Lipinski definition) is 4. The molecule has 1 aromatic rings. The number of hydrogen-bond donors (Lipinski definition) is 1. The summed E-state index contributed by atoms with van der Waals surface area (Å²) in [5.41, 5.74) is 5.47. The van der Waals surface area contributed by atoms with Crippen LogP contribution in [0.2, 0.25) is 0 Å². The third kappa shape index (κ3) is 1.45. The van der Waals surface area contributed by atoms with Crippen molar-refractivity contribution in [2.24, 2.45) is 5.73 Å². The van der Waals surface area contributed by atoms with Crippen LogP contribution >= 0.6 is 0 Å². The molecule has 0 spiro atoms. The number of nitrogens with zero attached hydrogens (tertiary/aromatic N) is 3. The lowest BCUT2D eigenvalue weighted by molar-refractivity contribution is 0.0697. The fourth-order valence-corrected chi connectivity index (χ4v) is 1.67. The largest absolute Gasteiger partial charge is 0.373 e. The Kier molecular flexibility index (Phi) is 2.28. The molecule has 5 nitrogen and oxygen atoms in total. The van der Waals surface area contributed by atoms with Gasteiger partial charge in [0.2, 0.25) is 0 Å². The lowest BCUT2D eigenvalue weighted by atomic mass is 10.1. The molecule has 13 heavy (non-hydrogen) atoms. The second kappa shape index (κ2) is 3.43. The average molecular weight is 182 g/mol. The lowest BCUT2D eigenvalue weighted by Crippen LogP contribution is -2.18. The minimum absolute atomic E-state index is 0.0987. The molecule has 1 aliphatic heterocycles. The van der Waals surface area contributed by atoms with Crippen LogP contribution in [0.1, 0.15) is 30.6 Å². The number of ether oxygens (including phenoxy) is 1. The van der Waals surface area contributed by atoms with Crippen LogP contribution < -0.4 is 5.73 Å². The maximum Gasteiger partial charge on any atom is 0.164 e. The number of aromatic nitrogens is 3. The fourth-order valence-electron chi connectivity index (χ4n) is 1.67. The highest BCUT2D eigenvalue weighted by molar-refractivity contribution is 4.99. The van der Waals surface area contributed by atoms with Crippen molar-refractivity contribution in [3.8, 4) is 0 Å². The van der Waals surface area contributed by atoms with E-state index in [2.05, 4.69) is 10.1 Å². The zero-order valence-corrected chi connectivity index (χ0v) is 7.73. The molecule has 5 heteroatoms. The van der Waals surface area contributed by atoms with Crippen molar-refractivity contribution >= 4 is 0 Å². The molecular formula is C8H14N4O. The van der Waals surface area contributed by atoms with E-state index in [1.807, 2.05) is 4.68 Å². The Bertz CT molecular complexity index is 296. The minimum atomic E-state index is 0.0987. The van der Waals surface area contributed by atoms with Crippen molar-refractivity contribution < 1.29 is 4.74 Å². The fraction of sp³-hybridized carbons (Fsp3) is 0.750. The normalized spacial score (nSPS) is 21.5. The van der Waals surface area contributed by atoms with Gasteiger partial charge in [-0.2, -0.15) is 5.10 Å². The maximum atomic E-state index is 5.47. The first-order chi connectivity index (χ1) is 6.35. The van der Waals surface area contributed by atoms with Crippen molar-refractivity contribution in [2.75, 3.05) is 7.11 Å². The Balaban J connectivity index is 2.32. The summed E-state index contributed by atoms with van der Waals surface area (Å²) in [6.07, 6.45) is 2.22. The van der Waals surface area contributed by atoms with E-state index in [9.17, 15) is 0 Å². The van der Waals surface area contributed by atoms with Gasteiger partial charge >= 0.3 is 0 Å². The summed E-state index contributed by atoms with van der Waals surface area (Å²) in [5, 5.41) is 4.27. The Hall–Kier alpha value is -0.940. The second-order valence-electron chi connectivity index (χ2n) is 3.18. The van der Waals surface area contributed by atoms with Crippen molar-refractivity contribution in [2.45, 2.75) is 32.0 Å². The summed E-state index contributed by atoms with van der Waals surface area (Å²) in [6, 6.07) is 0. The summed E-state index contributed by atoms with van der Waals surface area (Å²) in [6.45, 7) is 1.33. The molecule has 0 saturated carbocycles. The van der Waals surface area contributed by atoms with Crippen LogP contribution in [0.4, 0.5) is 0 Å². The second-order valence-corrected chi connectivity index (χ2v) is 3.18. The molecule has 72 valence electrons. The van der Waals surface area contributed by atoms with Crippen LogP contribution in [0.5, 0.6) is 0 Å². The highest BCUT2D eigenvalue weighted by atomic mass is 16.5. The number of nitrogens with two attached hydrogens (primary N) is 1. The summed E-state index contributed by atoms with van der Waals surface area (Å²) >= 11 is 0. The van der Waals surface area contributed by atoms with Crippen LogP contribution in [0.3, 0.4) is 0 Å². The third-order valence-electron chi connectivity index (χ3n) is 2.34. The van der Waals surface area contributed by atoms with E-state index in [1.165, 1.54) is 0 Å². The third-order valence-corrected chi connectivity index (χ3v) is 2.34. The standard InChI is InChI=1S/C8H14N4O/c1-13-6-3-2-4-12-8(6)10-7(5-9)11-12/h6H,2-5,9H2,1H3. The molecule has 2 heterocycles. The molecule has 0 saturated heterocycles. The Morgan fingerprint density at radius 3 is 3.23 bits per heavy atom. The van der Waals surface area contributed by atoms with Gasteiger partial charge in [-0.15, -0.1) is 0 Å². The molecule has 0 aromatic carbocycles. The first-order valence-corrected chi connectivity index (χ1v) is 4.51. The van der Waals surface area contributed by atoms with Crippen LogP contribution in [-0.4, -0.2) is 21.9 Å². The molecule has 0 aliphatic carbocycles. The molecule has 0 fully saturated rings. The summed E-state index contributed by atoms with van der Waals surface area (Å²) < 4.78 is 7.21. The van der Waals surface area contributed by atoms with Crippen molar-refractivity contribution in [3.05, 3.63) is 11.6 Å². The number of methoxy groups -OCH3 is 1. The van der Waals surface area contributed by atoms with Crippen LogP contribution in [-0.2, 0) is 17.8 Å². The van der Waals surface area contributed by atoms with E-state index < -0.39 is 0 Å². The van der Waals surface area contributed by atoms with Gasteiger partial charge in [0.1, 0.15) is 6.10 Å². The summed E-state index contributed by atoms with van der Waals surface area (Å²) in [7, 11) is 1.71. The predicted molar refractivity (Wildman–Crippen MR) is 46.9 cm³/mol. The summed E-state index contributed by atoms with van der Waals surface area (Å²) in [4.78, 5) is 4.32. The maximum absolute atomic E-state index is 5.47. The first kappa shape index (κ1) is 8.65. The van der Waals surface area contributed by atoms with Crippen molar-refractivity contribution in [1.29, 1.82) is 0 Å². The topological polar surface area (TPSA) is 66.0 Å². The molecular weight excluding hydrogens is 168 g/mol. The van der Waals surface area contributed by atoms with E-state index >= 15 is 0 Å². The molecule has 0 radical (unpaired) electrons. The van der Waals surface area contributed by atoms with Gasteiger partial charge < -0.3 is 10.5 Å². The average Bonchev–Trinajstić information content (AvgIpc) is 2.59. The monoisotopic (exact) mass is 182 g/mol. The number of fused-ring (bicyclic) bond motifs is 1. The van der Waals surface area contributed by atoms with Gasteiger partial charge in [0.15, 0.2) is 11.6 Å². The highest BCUT2D eigenvalue weighted by Gasteiger charge is 2.23. The molecule has 1 atom stereocenters. The summed E-state index contributed by atoms with van der Waals surface area (Å²) in [5.74, 6) is 1.63. The zero-order valence-electron chi connectivity index (χ0n) is 7.73. The molecule has 1 unspecified atom stereocenters. The van der Waals surface area contributed by atoms with Crippen molar-refractivity contribution in [1.82, 2.24) is 14.8 Å². The highest BCUT2D eigenvalue weighted by Crippen LogP contribution is 2.25. The van der Waals surface area contributed by atoms with Gasteiger partial charge in [-0.05, 0) is 12.8 Å². The Labute approximate surface area is 76.9 Å². The molecule has 2 rings (SSSR count). The van der Waals surface area contributed by atoms with Gasteiger partial charge in [0.05, 0.1) is 6.54 Å². The first-order valence-electron chi connectivity index (χ1n) is 4.51. The van der Waals surface area contributed by atoms with E-state index in [0.29, 0.717) is 12.4 Å². The van der Waals surface area contributed by atoms with Gasteiger partial charge in [0.25, 0.3) is 0 Å². The SMILES string of the molecule is COC1CCCn2nc(CN)nc21. The van der Waals surface area contributed by atoms with Crippen LogP contribution in [0.15, 0.2) is 0 Å². The lowest BCUT2D eigenvalue weighted by Gasteiger charge is -2.20. The van der Waals surface area contributed by atoms with E-state index in [0.717, 1.165) is 25.2 Å². The van der Waals surface area contributed by atoms with Gasteiger partial charge in [-0.1, -0.05) is 0 Å². The molecule has 1 aliphatic rings. The zero-order chi connectivity index (χ0) is 9.26. The Morgan fingerprint density at radius 1 is 1.69 bits per heavy atom. The molecule has 0 bridgehead atoms. The van der Waals surface area contributed by atoms with Crippen molar-refractivity contribution in [3.63, 3.8) is 0 Å². The van der Waals surface area contributed by atoms with Gasteiger partial charge in [-0.25, -0.2) is 9.67 Å². The minimum Gasteiger partial charge on any atom is -0.373 e. The van der Waals surface area contributed by atoms with Crippen LogP contribution in [0, 0.1) is 0 Å². The Morgan fingerprint density at radius 2 is 2.54 bits per heavy atom. The van der Waals surface area contributed by atoms with Gasteiger partial charge in [-0.3, -0.25) is 0 Å². The number of rotatable bonds is 2. The van der Waals surface area contributed by atoms with E-state index in [1.54, 1.807) is 7.11 Å². The predicted octanol–water partition coefficient (Wildman–Crippen LogP) is 0.218. The van der Waals surface area contributed by atoms with E-state index in [-0.39, 0.29) is 6.10 Å².